The molecule has 64 valence electrons. The van der Waals surface area contributed by atoms with Gasteiger partial charge in [0.15, 0.2) is 0 Å². The molecule has 0 saturated carbocycles. The van der Waals surface area contributed by atoms with E-state index in [0.717, 1.165) is 12.5 Å². The van der Waals surface area contributed by atoms with Crippen LogP contribution in [0.4, 0.5) is 0 Å². The summed E-state index contributed by atoms with van der Waals surface area (Å²) in [5.41, 5.74) is 0. The first kappa shape index (κ1) is 10.4. The zero-order valence-corrected chi connectivity index (χ0v) is 7.96. The van der Waals surface area contributed by atoms with E-state index in [1.54, 1.807) is 6.55 Å². The van der Waals surface area contributed by atoms with Crippen molar-refractivity contribution in [2.24, 2.45) is 0 Å². The Kier molecular flexibility index (Phi) is 4.06. The van der Waals surface area contributed by atoms with Crippen molar-refractivity contribution in [1.82, 2.24) is 0 Å². The van der Waals surface area contributed by atoms with Gasteiger partial charge < -0.3 is 9.22 Å². The van der Waals surface area contributed by atoms with Gasteiger partial charge in [-0.3, -0.25) is 0 Å². The normalized spacial score (nSPS) is 15.2. The van der Waals surface area contributed by atoms with Crippen molar-refractivity contribution >= 4 is 14.5 Å². The van der Waals surface area contributed by atoms with Crippen LogP contribution in [0.1, 0.15) is 13.3 Å². The van der Waals surface area contributed by atoms with Gasteiger partial charge in [-0.05, 0) is 6.55 Å². The summed E-state index contributed by atoms with van der Waals surface area (Å²) in [5, 5.41) is 0. The predicted molar refractivity (Wildman–Crippen MR) is 45.2 cm³/mol. The molecule has 0 rings (SSSR count). The maximum absolute atomic E-state index is 10.6. The highest BCUT2D eigenvalue weighted by Crippen LogP contribution is 2.09. The molecule has 0 aromatic heterocycles. The Morgan fingerprint density at radius 2 is 2.36 bits per heavy atom. The molecule has 11 heavy (non-hydrogen) atoms. The summed E-state index contributed by atoms with van der Waals surface area (Å²) >= 11 is 0. The Morgan fingerprint density at radius 1 is 1.82 bits per heavy atom. The van der Waals surface area contributed by atoms with Crippen LogP contribution in [0.5, 0.6) is 0 Å². The monoisotopic (exact) mass is 174 g/mol. The van der Waals surface area contributed by atoms with E-state index in [1.165, 1.54) is 0 Å². The Morgan fingerprint density at radius 3 is 2.73 bits per heavy atom. The lowest BCUT2D eigenvalue weighted by Gasteiger charge is -2.17. The second-order valence-electron chi connectivity index (χ2n) is 2.55. The smallest absolute Gasteiger partial charge is 0.396 e. The summed E-state index contributed by atoms with van der Waals surface area (Å²) < 4.78 is 4.76. The van der Waals surface area contributed by atoms with E-state index in [9.17, 15) is 9.59 Å². The molecule has 0 spiro atoms. The molecule has 0 bridgehead atoms. The molecule has 0 amide bonds. The summed E-state index contributed by atoms with van der Waals surface area (Å²) in [4.78, 5) is 20.1. The quantitative estimate of drug-likeness (QED) is 0.514. The van der Waals surface area contributed by atoms with E-state index in [2.05, 4.69) is 6.58 Å². The molecule has 0 aliphatic heterocycles. The zero-order chi connectivity index (χ0) is 8.91. The number of hydrogen-bond donors (Lipinski definition) is 1. The molecule has 4 heteroatoms. The average molecular weight is 174 g/mol. The highest BCUT2D eigenvalue weighted by atomic mass is 28.4. The van der Waals surface area contributed by atoms with Gasteiger partial charge in [0, 0.05) is 12.1 Å². The molecule has 0 aromatic rings. The van der Waals surface area contributed by atoms with E-state index in [4.69, 9.17) is 4.43 Å². The molecular weight excluding hydrogens is 160 g/mol. The van der Waals surface area contributed by atoms with Gasteiger partial charge in [0.2, 0.25) is 0 Å². The molecule has 0 heterocycles. The number of hydrogen-bond acceptors (Lipinski definition) is 3. The largest absolute Gasteiger partial charge is 0.491 e. The van der Waals surface area contributed by atoms with Crippen molar-refractivity contribution in [3.05, 3.63) is 12.7 Å². The minimum absolute atomic E-state index is 0.532. The van der Waals surface area contributed by atoms with Crippen LogP contribution >= 0.6 is 0 Å². The molecule has 3 nitrogen and oxygen atoms in total. The van der Waals surface area contributed by atoms with E-state index in [-0.39, 0.29) is 0 Å². The molecular formula is C7H14O3Si. The summed E-state index contributed by atoms with van der Waals surface area (Å²) in [6.07, 6.45) is 1.89. The van der Waals surface area contributed by atoms with Gasteiger partial charge in [-0.1, -0.05) is 19.9 Å². The average Bonchev–Trinajstić information content (AvgIpc) is 1.86. The highest BCUT2D eigenvalue weighted by Gasteiger charge is 2.28. The summed E-state index contributed by atoms with van der Waals surface area (Å²) in [7, 11) is -2.71. The molecule has 0 aliphatic rings. The van der Waals surface area contributed by atoms with Crippen LogP contribution in [0, 0.1) is 0 Å². The fraction of sp³-hybridized carbons (Fsp3) is 0.571. The lowest BCUT2D eigenvalue weighted by Crippen LogP contribution is -2.36. The Balaban J connectivity index is 3.89. The van der Waals surface area contributed by atoms with Crippen molar-refractivity contribution in [2.75, 3.05) is 0 Å². The number of rotatable bonds is 4. The Bertz CT molecular complexity index is 154. The van der Waals surface area contributed by atoms with E-state index in [0.29, 0.717) is 6.04 Å². The molecule has 0 saturated heterocycles. The van der Waals surface area contributed by atoms with Crippen LogP contribution in [0.25, 0.3) is 0 Å². The predicted octanol–water partition coefficient (Wildman–Crippen LogP) is 1.19. The lowest BCUT2D eigenvalue weighted by atomic mass is 10.6. The summed E-state index contributed by atoms with van der Waals surface area (Å²) in [5.74, 6) is -0.532. The van der Waals surface area contributed by atoms with Gasteiger partial charge in [0.25, 0.3) is 0 Å². The lowest BCUT2D eigenvalue weighted by molar-refractivity contribution is -0.130. The molecule has 0 aliphatic carbocycles. The van der Waals surface area contributed by atoms with Gasteiger partial charge in [-0.2, -0.15) is 0 Å². The Labute approximate surface area is 67.9 Å². The van der Waals surface area contributed by atoms with Crippen LogP contribution in [-0.4, -0.2) is 19.3 Å². The fourth-order valence-electron chi connectivity index (χ4n) is 0.773. The SMILES string of the molecule is C=CC(=O)O[Si](C)(O)CCC. The molecule has 1 N–H and O–H groups in total. The highest BCUT2D eigenvalue weighted by molar-refractivity contribution is 6.66. The molecule has 0 radical (unpaired) electrons. The number of carbonyl (C=O) groups is 1. The third kappa shape index (κ3) is 4.75. The van der Waals surface area contributed by atoms with Gasteiger partial charge in [-0.25, -0.2) is 4.79 Å². The summed E-state index contributed by atoms with van der Waals surface area (Å²) in [6, 6.07) is 0.576. The first-order chi connectivity index (χ1) is 5.02. The second-order valence-corrected chi connectivity index (χ2v) is 5.60. The second kappa shape index (κ2) is 4.30. The Hall–Kier alpha value is -0.613. The first-order valence-electron chi connectivity index (χ1n) is 3.59. The van der Waals surface area contributed by atoms with Crippen molar-refractivity contribution < 1.29 is 14.0 Å². The van der Waals surface area contributed by atoms with E-state index < -0.39 is 14.5 Å². The first-order valence-corrected chi connectivity index (χ1v) is 6.16. The summed E-state index contributed by atoms with van der Waals surface area (Å²) in [6.45, 7) is 6.77. The molecule has 0 fully saturated rings. The van der Waals surface area contributed by atoms with Crippen LogP contribution in [0.15, 0.2) is 12.7 Å². The van der Waals surface area contributed by atoms with Gasteiger partial charge in [0.1, 0.15) is 0 Å². The van der Waals surface area contributed by atoms with Crippen molar-refractivity contribution in [3.8, 4) is 0 Å². The fourth-order valence-corrected chi connectivity index (χ4v) is 2.32. The molecule has 0 aromatic carbocycles. The van der Waals surface area contributed by atoms with Gasteiger partial charge in [0.05, 0.1) is 0 Å². The van der Waals surface area contributed by atoms with Crippen LogP contribution in [0.2, 0.25) is 12.6 Å². The zero-order valence-electron chi connectivity index (χ0n) is 6.96. The van der Waals surface area contributed by atoms with Crippen LogP contribution < -0.4 is 0 Å². The third-order valence-electron chi connectivity index (χ3n) is 1.20. The van der Waals surface area contributed by atoms with Gasteiger partial charge in [-0.15, -0.1) is 0 Å². The third-order valence-corrected chi connectivity index (χ3v) is 3.27. The van der Waals surface area contributed by atoms with E-state index >= 15 is 0 Å². The van der Waals surface area contributed by atoms with Crippen molar-refractivity contribution in [2.45, 2.75) is 25.9 Å². The molecule has 1 atom stereocenters. The van der Waals surface area contributed by atoms with E-state index in [1.807, 2.05) is 6.92 Å². The van der Waals surface area contributed by atoms with Crippen molar-refractivity contribution in [1.29, 1.82) is 0 Å². The minimum Gasteiger partial charge on any atom is -0.491 e. The maximum Gasteiger partial charge on any atom is 0.396 e. The minimum atomic E-state index is -2.71. The standard InChI is InChI=1S/C7H14O3Si/c1-4-6-11(3,9)10-7(8)5-2/h5,9H,2,4,6H2,1,3H3. The van der Waals surface area contributed by atoms with Gasteiger partial charge >= 0.3 is 14.5 Å². The topological polar surface area (TPSA) is 46.5 Å². The maximum atomic E-state index is 10.6. The molecule has 1 unspecified atom stereocenters. The number of carbonyl (C=O) groups excluding carboxylic acids is 1. The van der Waals surface area contributed by atoms with Crippen LogP contribution in [-0.2, 0) is 9.22 Å². The van der Waals surface area contributed by atoms with Crippen molar-refractivity contribution in [3.63, 3.8) is 0 Å². The van der Waals surface area contributed by atoms with Crippen LogP contribution in [0.3, 0.4) is 0 Å².